The van der Waals surface area contributed by atoms with Gasteiger partial charge in [0.2, 0.25) is 0 Å². The predicted molar refractivity (Wildman–Crippen MR) is 176 cm³/mol. The fraction of sp³-hybridized carbons (Fsp3) is 0.189. The smallest absolute Gasteiger partial charge is 0.0954 e. The summed E-state index contributed by atoms with van der Waals surface area (Å²) in [7, 11) is 0. The Hall–Kier alpha value is -5.22. The van der Waals surface area contributed by atoms with Crippen LogP contribution in [0.25, 0.3) is 0 Å². The topological polar surface area (TPSA) is 104 Å². The quantitative estimate of drug-likeness (QED) is 0.176. The minimum absolute atomic E-state index is 0.314. The van der Waals surface area contributed by atoms with Gasteiger partial charge in [-0.25, -0.2) is 0 Å². The van der Waals surface area contributed by atoms with Crippen molar-refractivity contribution in [3.05, 3.63) is 181 Å². The van der Waals surface area contributed by atoms with Gasteiger partial charge < -0.3 is 5.11 Å². The van der Waals surface area contributed by atoms with Crippen molar-refractivity contribution in [2.24, 2.45) is 0 Å². The lowest BCUT2D eigenvalue weighted by Crippen LogP contribution is -2.43. The number of aliphatic hydroxyl groups excluding tert-OH is 1. The zero-order valence-electron chi connectivity index (χ0n) is 25.4. The third-order valence-electron chi connectivity index (χ3n) is 7.67. The molecule has 0 aromatic carbocycles. The van der Waals surface area contributed by atoms with E-state index < -0.39 is 6.10 Å². The van der Waals surface area contributed by atoms with Gasteiger partial charge in [0.25, 0.3) is 0 Å². The minimum Gasteiger partial charge on any atom is -0.390 e. The first kappa shape index (κ1) is 30.8. The van der Waals surface area contributed by atoms with Crippen LogP contribution < -0.4 is 0 Å². The average Bonchev–Trinajstić information content (AvgIpc) is 3.11. The van der Waals surface area contributed by atoms with E-state index >= 15 is 0 Å². The molecule has 6 heterocycles. The first-order chi connectivity index (χ1) is 22.7. The van der Waals surface area contributed by atoms with E-state index in [2.05, 4.69) is 19.8 Å². The van der Waals surface area contributed by atoms with Crippen molar-refractivity contribution in [2.75, 3.05) is 13.1 Å². The normalized spacial score (nSPS) is 11.6. The van der Waals surface area contributed by atoms with Gasteiger partial charge in [0.05, 0.1) is 52.4 Å². The van der Waals surface area contributed by atoms with Crippen LogP contribution in [0.4, 0.5) is 0 Å². The van der Waals surface area contributed by atoms with E-state index in [0.717, 1.165) is 34.2 Å². The molecule has 230 valence electrons. The van der Waals surface area contributed by atoms with Crippen molar-refractivity contribution in [1.82, 2.24) is 39.7 Å². The Morgan fingerprint density at radius 3 is 0.978 bits per heavy atom. The van der Waals surface area contributed by atoms with Gasteiger partial charge in [0, 0.05) is 63.4 Å². The third-order valence-corrected chi connectivity index (χ3v) is 7.67. The first-order valence-electron chi connectivity index (χ1n) is 15.3. The summed E-state index contributed by atoms with van der Waals surface area (Å²) < 4.78 is 0. The molecule has 9 nitrogen and oxygen atoms in total. The Morgan fingerprint density at radius 2 is 0.717 bits per heavy atom. The summed E-state index contributed by atoms with van der Waals surface area (Å²) >= 11 is 0. The number of nitrogens with zero attached hydrogens (tertiary/aromatic N) is 8. The molecule has 0 aliphatic heterocycles. The molecule has 0 saturated carbocycles. The largest absolute Gasteiger partial charge is 0.390 e. The summed E-state index contributed by atoms with van der Waals surface area (Å²) in [6.45, 7) is 1.62. The molecule has 6 aromatic rings. The molecular weight excluding hydrogens is 572 g/mol. The average molecular weight is 609 g/mol. The van der Waals surface area contributed by atoms with Crippen LogP contribution in [0.3, 0.4) is 0 Å². The highest BCUT2D eigenvalue weighted by atomic mass is 16.3. The minimum atomic E-state index is -0.780. The first-order valence-corrected chi connectivity index (χ1v) is 15.3. The zero-order chi connectivity index (χ0) is 31.4. The molecule has 0 unspecified atom stereocenters. The maximum Gasteiger partial charge on any atom is 0.0954 e. The molecule has 0 atom stereocenters. The summed E-state index contributed by atoms with van der Waals surface area (Å²) in [5, 5.41) is 12.0. The van der Waals surface area contributed by atoms with Crippen molar-refractivity contribution in [3.63, 3.8) is 0 Å². The molecule has 0 fully saturated rings. The van der Waals surface area contributed by atoms with Gasteiger partial charge in [0.15, 0.2) is 0 Å². The second-order valence-electron chi connectivity index (χ2n) is 11.0. The van der Waals surface area contributed by atoms with E-state index in [1.54, 1.807) is 37.2 Å². The molecule has 0 aliphatic rings. The van der Waals surface area contributed by atoms with E-state index in [4.69, 9.17) is 19.9 Å². The molecule has 6 aromatic heterocycles. The summed E-state index contributed by atoms with van der Waals surface area (Å²) in [5.41, 5.74) is 5.14. The second kappa shape index (κ2) is 15.7. The molecule has 6 rings (SSSR count). The highest BCUT2D eigenvalue weighted by Gasteiger charge is 2.31. The number of pyridine rings is 6. The van der Waals surface area contributed by atoms with Crippen molar-refractivity contribution < 1.29 is 5.11 Å². The number of hydrogen-bond acceptors (Lipinski definition) is 9. The molecule has 1 N–H and O–H groups in total. The number of hydrogen-bond donors (Lipinski definition) is 1. The maximum atomic E-state index is 12.0. The molecule has 9 heteroatoms. The van der Waals surface area contributed by atoms with Crippen LogP contribution in [0.5, 0.6) is 0 Å². The van der Waals surface area contributed by atoms with Crippen LogP contribution in [0.2, 0.25) is 0 Å². The van der Waals surface area contributed by atoms with Gasteiger partial charge in [-0.3, -0.25) is 39.7 Å². The van der Waals surface area contributed by atoms with Crippen molar-refractivity contribution in [3.8, 4) is 0 Å². The summed E-state index contributed by atoms with van der Waals surface area (Å²) in [5.74, 6) is 0. The summed E-state index contributed by atoms with van der Waals surface area (Å²) in [6.07, 6.45) is 9.97. The Bertz CT molecular complexity index is 1510. The van der Waals surface area contributed by atoms with Gasteiger partial charge in [-0.2, -0.15) is 0 Å². The fourth-order valence-corrected chi connectivity index (χ4v) is 5.72. The lowest BCUT2D eigenvalue weighted by atomic mass is 10.0. The number of aliphatic hydroxyl groups is 1. The van der Waals surface area contributed by atoms with E-state index in [1.807, 2.05) is 109 Å². The van der Waals surface area contributed by atoms with E-state index in [0.29, 0.717) is 26.2 Å². The molecule has 0 radical (unpaired) electrons. The molecule has 0 aliphatic carbocycles. The highest BCUT2D eigenvalue weighted by Crippen LogP contribution is 2.30. The second-order valence-corrected chi connectivity index (χ2v) is 11.0. The van der Waals surface area contributed by atoms with E-state index in [-0.39, 0.29) is 12.1 Å². The molecule has 46 heavy (non-hydrogen) atoms. The van der Waals surface area contributed by atoms with Gasteiger partial charge >= 0.3 is 0 Å². The number of aromatic nitrogens is 6. The summed E-state index contributed by atoms with van der Waals surface area (Å²) in [4.78, 5) is 32.6. The van der Waals surface area contributed by atoms with Crippen LogP contribution in [-0.2, 0) is 13.1 Å². The SMILES string of the molecule is OC(CN(Cc1ccccn1)C(c1ccccn1)c1ccccn1)CN(Cc1ccccn1)C(c1ccccn1)c1ccccn1. The van der Waals surface area contributed by atoms with Gasteiger partial charge in [-0.05, 0) is 72.8 Å². The molecule has 0 spiro atoms. The fourth-order valence-electron chi connectivity index (χ4n) is 5.72. The van der Waals surface area contributed by atoms with Crippen molar-refractivity contribution in [1.29, 1.82) is 0 Å². The molecule has 0 amide bonds. The van der Waals surface area contributed by atoms with Crippen molar-refractivity contribution in [2.45, 2.75) is 31.3 Å². The molecule has 0 bridgehead atoms. The molecule has 0 saturated heterocycles. The van der Waals surface area contributed by atoms with Crippen LogP contribution >= 0.6 is 0 Å². The van der Waals surface area contributed by atoms with Gasteiger partial charge in [-0.15, -0.1) is 0 Å². The lowest BCUT2D eigenvalue weighted by Gasteiger charge is -2.36. The van der Waals surface area contributed by atoms with Crippen LogP contribution in [0.1, 0.15) is 46.2 Å². The maximum absolute atomic E-state index is 12.0. The van der Waals surface area contributed by atoms with E-state index in [1.165, 1.54) is 0 Å². The third kappa shape index (κ3) is 8.08. The van der Waals surface area contributed by atoms with E-state index in [9.17, 15) is 5.11 Å². The van der Waals surface area contributed by atoms with Crippen LogP contribution in [0.15, 0.2) is 146 Å². The Balaban J connectivity index is 1.36. The van der Waals surface area contributed by atoms with Gasteiger partial charge in [0.1, 0.15) is 0 Å². The standard InChI is InChI=1S/C37H36N8O/c46-31(27-44(25-29-13-1-7-19-38-29)36(32-15-3-9-21-40-32)33-16-4-10-22-41-33)28-45(26-30-14-2-8-20-39-30)37(34-17-5-11-23-42-34)35-18-6-12-24-43-35/h1-24,31,36-37,46H,25-28H2. The Morgan fingerprint density at radius 1 is 0.413 bits per heavy atom. The Kier molecular flexibility index (Phi) is 10.5. The summed E-state index contributed by atoms with van der Waals surface area (Å²) in [6, 6.07) is 34.7. The number of rotatable bonds is 14. The monoisotopic (exact) mass is 608 g/mol. The van der Waals surface area contributed by atoms with Gasteiger partial charge in [-0.1, -0.05) is 36.4 Å². The highest BCUT2D eigenvalue weighted by molar-refractivity contribution is 5.24. The molecular formula is C37H36N8O. The predicted octanol–water partition coefficient (Wildman–Crippen LogP) is 5.30. The van der Waals surface area contributed by atoms with Crippen LogP contribution in [0, 0.1) is 0 Å². The van der Waals surface area contributed by atoms with Crippen molar-refractivity contribution >= 4 is 0 Å². The lowest BCUT2D eigenvalue weighted by molar-refractivity contribution is 0.0452. The zero-order valence-corrected chi connectivity index (χ0v) is 25.4. The Labute approximate surface area is 269 Å². The van der Waals surface area contributed by atoms with Crippen LogP contribution in [-0.4, -0.2) is 64.0 Å².